The minimum atomic E-state index is -1.91. The fraction of sp³-hybridized carbons (Fsp3) is 0.525. The van der Waals surface area contributed by atoms with E-state index in [-0.39, 0.29) is 30.7 Å². The van der Waals surface area contributed by atoms with Crippen molar-refractivity contribution in [1.29, 1.82) is 0 Å². The summed E-state index contributed by atoms with van der Waals surface area (Å²) in [6.45, 7) is 15.8. The molecule has 0 aromatic carbocycles. The van der Waals surface area contributed by atoms with Gasteiger partial charge in [-0.1, -0.05) is 135 Å². The van der Waals surface area contributed by atoms with Gasteiger partial charge in [0.2, 0.25) is 0 Å². The molecule has 0 aromatic heterocycles. The Morgan fingerprint density at radius 1 is 0.506 bits per heavy atom. The molecular weight excluding hydrogens is 1050 g/mol. The third-order valence-electron chi connectivity index (χ3n) is 13.6. The van der Waals surface area contributed by atoms with E-state index in [2.05, 4.69) is 0 Å². The van der Waals surface area contributed by atoms with E-state index in [9.17, 15) is 69.3 Å². The van der Waals surface area contributed by atoms with Crippen LogP contribution >= 0.6 is 0 Å². The number of hydrogen-bond donors (Lipinski definition) is 9. The average molecular weight is 1140 g/mol. The zero-order valence-electron chi connectivity index (χ0n) is 48.0. The van der Waals surface area contributed by atoms with E-state index in [1.165, 1.54) is 0 Å². The standard InChI is InChI=1S/C61H84O20/c1-36(17-13-19-38(3)21-23-43-40(5)54(72)48(29-60(43,7)8)80-52(70)27-25-50(68)78-34-46(66)58(76)56(74)42(31-62)32-63)15-11-12-16-37(2)18-14-20-39(4)22-24-44-41(6)55(73)49(30-61(44,9)10)81-53(71)28-26-51(69)79-35-47(67)59(77)57(75)45(65)33-64/h11-24,31,42,45-49,56-59,63-67,74-77H,25-30,32-35H2,1-10H3/b12-11+,17-13+,18-14+,23-21+,24-22+,36-15+,37-16+,38-19+,39-20+. The number of ether oxygens (including phenoxy) is 4. The first-order chi connectivity index (χ1) is 37.9. The van der Waals surface area contributed by atoms with Crippen molar-refractivity contribution in [2.45, 2.75) is 163 Å². The third-order valence-corrected chi connectivity index (χ3v) is 13.6. The number of ketones is 2. The van der Waals surface area contributed by atoms with Gasteiger partial charge in [0.1, 0.15) is 56.1 Å². The fourth-order valence-electron chi connectivity index (χ4n) is 8.57. The minimum absolute atomic E-state index is 0.204. The highest BCUT2D eigenvalue weighted by atomic mass is 16.6. The van der Waals surface area contributed by atoms with Gasteiger partial charge < -0.3 is 69.7 Å². The predicted octanol–water partition coefficient (Wildman–Crippen LogP) is 3.98. The highest BCUT2D eigenvalue weighted by molar-refractivity contribution is 6.02. The second-order valence-corrected chi connectivity index (χ2v) is 21.5. The Balaban J connectivity index is 1.91. The quantitative estimate of drug-likeness (QED) is 0.0205. The number of hydrogen-bond acceptors (Lipinski definition) is 20. The van der Waals surface area contributed by atoms with Gasteiger partial charge in [0.15, 0.2) is 23.8 Å². The van der Waals surface area contributed by atoms with Crippen molar-refractivity contribution in [2.24, 2.45) is 16.7 Å². The van der Waals surface area contributed by atoms with Crippen LogP contribution in [0.25, 0.3) is 0 Å². The number of aldehydes is 1. The van der Waals surface area contributed by atoms with Crippen molar-refractivity contribution in [2.75, 3.05) is 26.4 Å². The lowest BCUT2D eigenvalue weighted by atomic mass is 9.71. The SMILES string of the molecule is CC1=C(/C=C/C(C)=C/C=C/C(C)=C/C=C/C=C(C)/C=C/C=C(C)/C=C/C2=C(C)C(=O)C(OC(=O)CCC(=O)OCC(O)C(O)C(O)C(C=O)CO)CC2(C)C)C(C)(C)CC(OC(=O)CCC(=O)OCC(O)C(O)C(O)C(O)CO)C1=O. The number of allylic oxidation sites excluding steroid dienone is 20. The molecule has 10 unspecified atom stereocenters. The van der Waals surface area contributed by atoms with Crippen LogP contribution in [0.1, 0.15) is 108 Å². The lowest BCUT2D eigenvalue weighted by Gasteiger charge is -2.36. The van der Waals surface area contributed by atoms with Crippen molar-refractivity contribution < 1.29 is 98.5 Å². The van der Waals surface area contributed by atoms with E-state index in [0.29, 0.717) is 11.1 Å². The summed E-state index contributed by atoms with van der Waals surface area (Å²) in [6.07, 6.45) is 11.0. The summed E-state index contributed by atoms with van der Waals surface area (Å²) >= 11 is 0. The molecule has 2 rings (SSSR count). The molecule has 448 valence electrons. The molecule has 0 fully saturated rings. The van der Waals surface area contributed by atoms with Gasteiger partial charge in [-0.05, 0) is 74.7 Å². The largest absolute Gasteiger partial charge is 0.463 e. The Morgan fingerprint density at radius 2 is 0.840 bits per heavy atom. The van der Waals surface area contributed by atoms with E-state index >= 15 is 0 Å². The Bertz CT molecular complexity index is 2560. The first-order valence-corrected chi connectivity index (χ1v) is 26.6. The Kier molecular flexibility index (Phi) is 29.9. The number of aliphatic hydroxyl groups excluding tert-OH is 9. The number of carbonyl (C=O) groups excluding carboxylic acids is 7. The van der Waals surface area contributed by atoms with Gasteiger partial charge in [-0.3, -0.25) is 28.8 Å². The zero-order chi connectivity index (χ0) is 61.4. The van der Waals surface area contributed by atoms with Gasteiger partial charge in [0.25, 0.3) is 0 Å². The average Bonchev–Trinajstić information content (AvgIpc) is 3.50. The maximum atomic E-state index is 13.3. The highest BCUT2D eigenvalue weighted by Crippen LogP contribution is 2.42. The summed E-state index contributed by atoms with van der Waals surface area (Å²) in [7, 11) is 0. The van der Waals surface area contributed by atoms with Crippen molar-refractivity contribution in [3.8, 4) is 0 Å². The summed E-state index contributed by atoms with van der Waals surface area (Å²) in [4.78, 5) is 87.2. The van der Waals surface area contributed by atoms with Crippen LogP contribution in [0.3, 0.4) is 0 Å². The normalized spacial score (nSPS) is 21.6. The second-order valence-electron chi connectivity index (χ2n) is 21.5. The molecule has 20 heteroatoms. The first kappa shape index (κ1) is 70.8. The zero-order valence-corrected chi connectivity index (χ0v) is 48.0. The van der Waals surface area contributed by atoms with Crippen molar-refractivity contribution in [3.05, 3.63) is 130 Å². The molecule has 0 bridgehead atoms. The van der Waals surface area contributed by atoms with Crippen molar-refractivity contribution in [1.82, 2.24) is 0 Å². The molecule has 0 amide bonds. The van der Waals surface area contributed by atoms with Gasteiger partial charge >= 0.3 is 23.9 Å². The topological polar surface area (TPSA) is 338 Å². The maximum Gasteiger partial charge on any atom is 0.307 e. The molecule has 2 aliphatic carbocycles. The van der Waals surface area contributed by atoms with Crippen LogP contribution in [0, 0.1) is 16.7 Å². The van der Waals surface area contributed by atoms with Crippen LogP contribution in [0.5, 0.6) is 0 Å². The van der Waals surface area contributed by atoms with Crippen LogP contribution in [-0.2, 0) is 52.5 Å². The molecule has 0 heterocycles. The van der Waals surface area contributed by atoms with Gasteiger partial charge in [0, 0.05) is 12.8 Å². The molecule has 9 N–H and O–H groups in total. The summed E-state index contributed by atoms with van der Waals surface area (Å²) in [5, 5.41) is 86.8. The summed E-state index contributed by atoms with van der Waals surface area (Å²) in [6, 6.07) is 0. The number of Topliss-reactive ketones (excluding diaryl/α,β-unsaturated/α-hetero) is 2. The van der Waals surface area contributed by atoms with Crippen LogP contribution < -0.4 is 0 Å². The number of aliphatic hydroxyl groups is 9. The number of esters is 4. The number of carbonyl (C=O) groups is 7. The van der Waals surface area contributed by atoms with Crippen molar-refractivity contribution in [3.63, 3.8) is 0 Å². The van der Waals surface area contributed by atoms with Crippen LogP contribution in [0.4, 0.5) is 0 Å². The van der Waals surface area contributed by atoms with E-state index in [4.69, 9.17) is 29.2 Å². The summed E-state index contributed by atoms with van der Waals surface area (Å²) < 4.78 is 20.7. The molecule has 81 heavy (non-hydrogen) atoms. The van der Waals surface area contributed by atoms with Gasteiger partial charge in [0.05, 0.1) is 50.9 Å². The lowest BCUT2D eigenvalue weighted by Crippen LogP contribution is -2.47. The number of rotatable bonds is 31. The van der Waals surface area contributed by atoms with E-state index < -0.39 is 148 Å². The molecule has 0 aliphatic heterocycles. The molecule has 2 aliphatic rings. The second kappa shape index (κ2) is 34.2. The van der Waals surface area contributed by atoms with E-state index in [0.717, 1.165) is 33.4 Å². The molecule has 0 radical (unpaired) electrons. The van der Waals surface area contributed by atoms with Gasteiger partial charge in [-0.2, -0.15) is 0 Å². The fourth-order valence-corrected chi connectivity index (χ4v) is 8.57. The molecule has 0 aromatic rings. The molecular formula is C61H84O20. The van der Waals surface area contributed by atoms with Crippen LogP contribution in [-0.4, -0.2) is 169 Å². The molecule has 0 saturated carbocycles. The smallest absolute Gasteiger partial charge is 0.307 e. The van der Waals surface area contributed by atoms with E-state index in [1.54, 1.807) is 13.8 Å². The third kappa shape index (κ3) is 23.6. The predicted molar refractivity (Wildman–Crippen MR) is 299 cm³/mol. The van der Waals surface area contributed by atoms with Gasteiger partial charge in [-0.15, -0.1) is 0 Å². The molecule has 0 saturated heterocycles. The first-order valence-electron chi connectivity index (χ1n) is 26.6. The van der Waals surface area contributed by atoms with E-state index in [1.807, 2.05) is 140 Å². The Labute approximate surface area is 474 Å². The molecule has 0 spiro atoms. The Hall–Kier alpha value is -6.33. The maximum absolute atomic E-state index is 13.3. The monoisotopic (exact) mass is 1140 g/mol. The van der Waals surface area contributed by atoms with Crippen LogP contribution in [0.15, 0.2) is 130 Å². The minimum Gasteiger partial charge on any atom is -0.463 e. The Morgan fingerprint density at radius 3 is 1.20 bits per heavy atom. The van der Waals surface area contributed by atoms with Gasteiger partial charge in [-0.25, -0.2) is 0 Å². The summed E-state index contributed by atoms with van der Waals surface area (Å²) in [5.41, 5.74) is 5.20. The highest BCUT2D eigenvalue weighted by Gasteiger charge is 2.42. The van der Waals surface area contributed by atoms with Crippen LogP contribution in [0.2, 0.25) is 0 Å². The molecule has 20 nitrogen and oxygen atoms in total. The summed E-state index contributed by atoms with van der Waals surface area (Å²) in [5.74, 6) is -5.50. The van der Waals surface area contributed by atoms with Crippen molar-refractivity contribution >= 4 is 41.7 Å². The molecule has 10 atom stereocenters. The lowest BCUT2D eigenvalue weighted by molar-refractivity contribution is -0.161.